The maximum atomic E-state index is 13.4. The van der Waals surface area contributed by atoms with E-state index in [1.165, 1.54) is 6.20 Å². The quantitative estimate of drug-likeness (QED) is 0.265. The van der Waals surface area contributed by atoms with Crippen LogP contribution in [0.1, 0.15) is 50.1 Å². The van der Waals surface area contributed by atoms with Crippen LogP contribution in [0.2, 0.25) is 0 Å². The van der Waals surface area contributed by atoms with Gasteiger partial charge in [-0.15, -0.1) is 10.2 Å². The first-order valence-corrected chi connectivity index (χ1v) is 13.0. The van der Waals surface area contributed by atoms with Crippen molar-refractivity contribution in [1.82, 2.24) is 35.0 Å². The lowest BCUT2D eigenvalue weighted by atomic mass is 9.92. The number of nitrogens with zero attached hydrogens (tertiary/aromatic N) is 6. The Kier molecular flexibility index (Phi) is 8.84. The average Bonchev–Trinajstić information content (AvgIpc) is 3.50. The zero-order valence-corrected chi connectivity index (χ0v) is 23.7. The highest BCUT2D eigenvalue weighted by Gasteiger charge is 2.35. The number of methoxy groups -OCH3 is 1. The van der Waals surface area contributed by atoms with Gasteiger partial charge in [-0.05, 0) is 25.8 Å². The first-order chi connectivity index (χ1) is 20.0. The van der Waals surface area contributed by atoms with Crippen molar-refractivity contribution in [2.75, 3.05) is 12.4 Å². The lowest BCUT2D eigenvalue weighted by Gasteiger charge is -2.21. The van der Waals surface area contributed by atoms with Gasteiger partial charge in [-0.3, -0.25) is 24.3 Å². The Morgan fingerprint density at radius 1 is 1.02 bits per heavy atom. The molecule has 1 aromatic carbocycles. The van der Waals surface area contributed by atoms with Crippen LogP contribution < -0.4 is 16.2 Å². The van der Waals surface area contributed by atoms with E-state index in [1.54, 1.807) is 76.5 Å². The number of anilines is 1. The lowest BCUT2D eigenvalue weighted by molar-refractivity contribution is -0.122. The van der Waals surface area contributed by atoms with Crippen LogP contribution in [0.3, 0.4) is 0 Å². The second-order valence-electron chi connectivity index (χ2n) is 10.1. The minimum Gasteiger partial charge on any atom is -0.453 e. The van der Waals surface area contributed by atoms with Crippen molar-refractivity contribution >= 4 is 23.5 Å². The topological polar surface area (TPSA) is 184 Å². The Labute approximate surface area is 240 Å². The Morgan fingerprint density at radius 3 is 2.36 bits per heavy atom. The molecule has 2 N–H and O–H groups in total. The molecule has 0 spiro atoms. The number of aromatic nitrogens is 6. The molecule has 2 amide bonds. The van der Waals surface area contributed by atoms with E-state index in [1.807, 2.05) is 0 Å². The molecule has 0 aliphatic heterocycles. The van der Waals surface area contributed by atoms with Gasteiger partial charge in [0.05, 0.1) is 19.3 Å². The first-order valence-electron chi connectivity index (χ1n) is 13.0. The van der Waals surface area contributed by atoms with Gasteiger partial charge in [0, 0.05) is 18.0 Å². The SMILES string of the molecule is COC(=O)Nc1cnc(-c2ccccc2)n(CC(=O)N[C@H](C(=O)c2nnc(C(C)(C)c3ncccn3)o2)C(C)C)c1=O. The molecule has 1 atom stereocenters. The highest BCUT2D eigenvalue weighted by Crippen LogP contribution is 2.27. The van der Waals surface area contributed by atoms with Crippen LogP contribution in [0.25, 0.3) is 11.4 Å². The molecule has 14 heteroatoms. The number of carbonyl (C=O) groups is 3. The summed E-state index contributed by atoms with van der Waals surface area (Å²) in [7, 11) is 1.15. The Bertz CT molecular complexity index is 1630. The van der Waals surface area contributed by atoms with Gasteiger partial charge in [-0.1, -0.05) is 44.2 Å². The summed E-state index contributed by atoms with van der Waals surface area (Å²) in [5, 5.41) is 12.9. The average molecular weight is 575 g/mol. The minimum atomic E-state index is -1.05. The number of hydrogen-bond donors (Lipinski definition) is 2. The third-order valence-corrected chi connectivity index (χ3v) is 6.36. The molecule has 0 aliphatic carbocycles. The maximum absolute atomic E-state index is 13.4. The van der Waals surface area contributed by atoms with Crippen molar-refractivity contribution in [2.45, 2.75) is 45.7 Å². The summed E-state index contributed by atoms with van der Waals surface area (Å²) in [5.41, 5.74) is -1.20. The Balaban J connectivity index is 1.60. The molecule has 4 aromatic rings. The number of amides is 2. The number of ketones is 1. The summed E-state index contributed by atoms with van der Waals surface area (Å²) >= 11 is 0. The monoisotopic (exact) mass is 574 g/mol. The summed E-state index contributed by atoms with van der Waals surface area (Å²) in [6.45, 7) is 6.55. The molecule has 4 rings (SSSR count). The normalized spacial score (nSPS) is 12.0. The number of nitrogens with one attached hydrogen (secondary N) is 2. The van der Waals surface area contributed by atoms with Crippen molar-refractivity contribution in [1.29, 1.82) is 0 Å². The van der Waals surface area contributed by atoms with Crippen molar-refractivity contribution in [3.05, 3.63) is 82.9 Å². The van der Waals surface area contributed by atoms with Crippen LogP contribution in [0, 0.1) is 5.92 Å². The third kappa shape index (κ3) is 6.37. The fourth-order valence-corrected chi connectivity index (χ4v) is 4.03. The number of Topliss-reactive ketones (excluding diaryl/α,β-unsaturated/α-hetero) is 1. The molecule has 218 valence electrons. The third-order valence-electron chi connectivity index (χ3n) is 6.36. The summed E-state index contributed by atoms with van der Waals surface area (Å²) in [6, 6.07) is 9.37. The number of ether oxygens (including phenoxy) is 1. The van der Waals surface area contributed by atoms with Crippen LogP contribution in [0.4, 0.5) is 10.5 Å². The molecule has 0 fully saturated rings. The van der Waals surface area contributed by atoms with E-state index in [4.69, 9.17) is 4.42 Å². The van der Waals surface area contributed by atoms with Gasteiger partial charge in [-0.2, -0.15) is 0 Å². The summed E-state index contributed by atoms with van der Waals surface area (Å²) in [5.74, 6) is -1.18. The van der Waals surface area contributed by atoms with E-state index in [0.717, 1.165) is 11.7 Å². The molecule has 3 heterocycles. The van der Waals surface area contributed by atoms with E-state index >= 15 is 0 Å². The zero-order chi connectivity index (χ0) is 30.4. The van der Waals surface area contributed by atoms with Crippen molar-refractivity contribution in [3.63, 3.8) is 0 Å². The molecule has 3 aromatic heterocycles. The molecule has 0 radical (unpaired) electrons. The van der Waals surface area contributed by atoms with Gasteiger partial charge < -0.3 is 14.5 Å². The molecule has 0 saturated carbocycles. The van der Waals surface area contributed by atoms with E-state index in [2.05, 4.69) is 40.5 Å². The van der Waals surface area contributed by atoms with Gasteiger partial charge in [0.15, 0.2) is 0 Å². The fraction of sp³-hybridized carbons (Fsp3) is 0.321. The van der Waals surface area contributed by atoms with Crippen LogP contribution in [-0.4, -0.2) is 60.7 Å². The van der Waals surface area contributed by atoms with Crippen molar-refractivity contribution in [3.8, 4) is 11.4 Å². The van der Waals surface area contributed by atoms with Crippen LogP contribution >= 0.6 is 0 Å². The molecule has 0 saturated heterocycles. The van der Waals surface area contributed by atoms with Gasteiger partial charge in [0.2, 0.25) is 17.6 Å². The molecule has 0 unspecified atom stereocenters. The van der Waals surface area contributed by atoms with Crippen LogP contribution in [0.5, 0.6) is 0 Å². The van der Waals surface area contributed by atoms with Gasteiger partial charge in [0.1, 0.15) is 29.3 Å². The number of hydrogen-bond acceptors (Lipinski definition) is 11. The summed E-state index contributed by atoms with van der Waals surface area (Å²) in [4.78, 5) is 64.6. The predicted octanol–water partition coefficient (Wildman–Crippen LogP) is 2.61. The maximum Gasteiger partial charge on any atom is 0.411 e. The number of carbonyl (C=O) groups excluding carboxylic acids is 3. The molecule has 14 nitrogen and oxygen atoms in total. The highest BCUT2D eigenvalue weighted by molar-refractivity contribution is 5.98. The minimum absolute atomic E-state index is 0.130. The lowest BCUT2D eigenvalue weighted by Crippen LogP contribution is -2.46. The molecule has 0 bridgehead atoms. The van der Waals surface area contributed by atoms with E-state index < -0.39 is 41.3 Å². The number of rotatable bonds is 10. The van der Waals surface area contributed by atoms with E-state index in [0.29, 0.717) is 11.4 Å². The van der Waals surface area contributed by atoms with Crippen LogP contribution in [0.15, 0.2) is 64.2 Å². The summed E-state index contributed by atoms with van der Waals surface area (Å²) in [6.07, 6.45) is 3.49. The van der Waals surface area contributed by atoms with Gasteiger partial charge in [0.25, 0.3) is 11.4 Å². The van der Waals surface area contributed by atoms with Crippen molar-refractivity contribution in [2.24, 2.45) is 5.92 Å². The van der Waals surface area contributed by atoms with Crippen LogP contribution in [-0.2, 0) is 21.5 Å². The smallest absolute Gasteiger partial charge is 0.411 e. The Hall–Kier alpha value is -5.27. The van der Waals surface area contributed by atoms with Gasteiger partial charge >= 0.3 is 6.09 Å². The van der Waals surface area contributed by atoms with Crippen molar-refractivity contribution < 1.29 is 23.5 Å². The molecule has 0 aliphatic rings. The fourth-order valence-electron chi connectivity index (χ4n) is 4.03. The zero-order valence-electron chi connectivity index (χ0n) is 23.7. The highest BCUT2D eigenvalue weighted by atomic mass is 16.5. The second kappa shape index (κ2) is 12.5. The molecular weight excluding hydrogens is 544 g/mol. The standard InChI is InChI=1S/C28H30N8O6/c1-16(2)20(21(38)23-34-35-26(42-23)28(3,4)25-29-12-9-13-30-25)33-19(37)15-36-22(17-10-7-6-8-11-17)31-14-18(24(36)39)32-27(40)41-5/h6-14,16,20H,15H2,1-5H3,(H,32,40)(H,33,37)/t20-/m0/s1. The molecular formula is C28H30N8O6. The summed E-state index contributed by atoms with van der Waals surface area (Å²) < 4.78 is 11.4. The second-order valence-corrected chi connectivity index (χ2v) is 10.1. The molecule has 42 heavy (non-hydrogen) atoms. The largest absolute Gasteiger partial charge is 0.453 e. The van der Waals surface area contributed by atoms with E-state index in [-0.39, 0.29) is 29.2 Å². The Morgan fingerprint density at radius 2 is 1.71 bits per heavy atom. The van der Waals surface area contributed by atoms with Gasteiger partial charge in [-0.25, -0.2) is 19.7 Å². The van der Waals surface area contributed by atoms with E-state index in [9.17, 15) is 19.2 Å². The first kappa shape index (κ1) is 29.7. The number of benzene rings is 1. The predicted molar refractivity (Wildman–Crippen MR) is 150 cm³/mol.